The number of nitrogens with one attached hydrogen (secondary N) is 1. The van der Waals surface area contributed by atoms with Crippen molar-refractivity contribution in [1.82, 2.24) is 0 Å². The van der Waals surface area contributed by atoms with Crippen LogP contribution in [-0.4, -0.2) is 18.4 Å². The molecule has 4 nitrogen and oxygen atoms in total. The molecule has 0 radical (unpaired) electrons. The second kappa shape index (κ2) is 6.95. The Labute approximate surface area is 130 Å². The Morgan fingerprint density at radius 2 is 1.52 bits per heavy atom. The molecule has 0 bridgehead atoms. The maximum atomic E-state index is 13.8. The van der Waals surface area contributed by atoms with Crippen LogP contribution in [0.15, 0.2) is 42.5 Å². The summed E-state index contributed by atoms with van der Waals surface area (Å²) in [4.78, 5) is 24.5. The Balaban J connectivity index is 2.20. The van der Waals surface area contributed by atoms with E-state index in [1.165, 1.54) is 18.2 Å². The van der Waals surface area contributed by atoms with Crippen molar-refractivity contribution in [2.45, 2.75) is 6.92 Å². The topological polar surface area (TPSA) is 49.4 Å². The average Bonchev–Trinajstić information content (AvgIpc) is 2.49. The zero-order chi connectivity index (χ0) is 17.0. The van der Waals surface area contributed by atoms with Crippen LogP contribution in [0.3, 0.4) is 0 Å². The van der Waals surface area contributed by atoms with Crippen LogP contribution >= 0.6 is 0 Å². The fourth-order valence-electron chi connectivity index (χ4n) is 1.98. The number of para-hydroxylation sites is 2. The molecule has 0 heterocycles. The summed E-state index contributed by atoms with van der Waals surface area (Å²) in [5, 5.41) is 2.05. The van der Waals surface area contributed by atoms with Crippen molar-refractivity contribution in [3.05, 3.63) is 59.9 Å². The summed E-state index contributed by atoms with van der Waals surface area (Å²) in [6, 6.07) is 8.53. The molecular weight excluding hydrogens is 309 g/mol. The third kappa shape index (κ3) is 3.88. The van der Waals surface area contributed by atoms with Crippen LogP contribution in [-0.2, 0) is 9.59 Å². The van der Waals surface area contributed by atoms with Gasteiger partial charge >= 0.3 is 0 Å². The first-order valence-corrected chi connectivity index (χ1v) is 6.66. The first-order valence-electron chi connectivity index (χ1n) is 6.66. The monoisotopic (exact) mass is 322 g/mol. The molecule has 0 aliphatic carbocycles. The number of amides is 2. The number of hydrogen-bond acceptors (Lipinski definition) is 2. The van der Waals surface area contributed by atoms with Gasteiger partial charge < -0.3 is 10.2 Å². The van der Waals surface area contributed by atoms with Crippen LogP contribution < -0.4 is 10.2 Å². The van der Waals surface area contributed by atoms with Crippen molar-refractivity contribution in [2.24, 2.45) is 0 Å². The third-order valence-corrected chi connectivity index (χ3v) is 3.05. The van der Waals surface area contributed by atoms with Gasteiger partial charge in [-0.25, -0.2) is 13.2 Å². The van der Waals surface area contributed by atoms with Crippen LogP contribution in [0.4, 0.5) is 24.5 Å². The number of hydrogen-bond donors (Lipinski definition) is 1. The molecule has 2 amide bonds. The van der Waals surface area contributed by atoms with E-state index in [0.29, 0.717) is 0 Å². The van der Waals surface area contributed by atoms with Gasteiger partial charge in [0.25, 0.3) is 0 Å². The maximum absolute atomic E-state index is 13.8. The van der Waals surface area contributed by atoms with E-state index in [0.717, 1.165) is 36.1 Å². The summed E-state index contributed by atoms with van der Waals surface area (Å²) in [6.45, 7) is 0.577. The Morgan fingerprint density at radius 1 is 0.957 bits per heavy atom. The lowest BCUT2D eigenvalue weighted by atomic mass is 10.2. The van der Waals surface area contributed by atoms with Crippen molar-refractivity contribution in [3.63, 3.8) is 0 Å². The second-order valence-corrected chi connectivity index (χ2v) is 4.70. The van der Waals surface area contributed by atoms with Crippen LogP contribution in [0.2, 0.25) is 0 Å². The van der Waals surface area contributed by atoms with Crippen LogP contribution in [0.5, 0.6) is 0 Å². The average molecular weight is 322 g/mol. The second-order valence-electron chi connectivity index (χ2n) is 4.70. The van der Waals surface area contributed by atoms with Crippen molar-refractivity contribution in [1.29, 1.82) is 0 Å². The minimum Gasteiger partial charge on any atom is -0.320 e. The lowest BCUT2D eigenvalue weighted by molar-refractivity contribution is -0.120. The molecule has 0 saturated heterocycles. The van der Waals surface area contributed by atoms with Gasteiger partial charge in [-0.1, -0.05) is 18.2 Å². The van der Waals surface area contributed by atoms with Gasteiger partial charge in [0.05, 0.1) is 5.69 Å². The number of benzene rings is 2. The molecule has 0 spiro atoms. The third-order valence-electron chi connectivity index (χ3n) is 3.05. The lowest BCUT2D eigenvalue weighted by Gasteiger charge is -2.21. The molecule has 0 aromatic heterocycles. The molecule has 0 unspecified atom stereocenters. The van der Waals surface area contributed by atoms with E-state index in [1.54, 1.807) is 0 Å². The first kappa shape index (κ1) is 16.5. The highest BCUT2D eigenvalue weighted by Gasteiger charge is 2.20. The fraction of sp³-hybridized carbons (Fsp3) is 0.125. The van der Waals surface area contributed by atoms with Crippen molar-refractivity contribution in [2.75, 3.05) is 16.8 Å². The Kier molecular flexibility index (Phi) is 5.00. The molecule has 0 aliphatic rings. The van der Waals surface area contributed by atoms with Crippen molar-refractivity contribution < 1.29 is 22.8 Å². The van der Waals surface area contributed by atoms with Gasteiger partial charge in [-0.15, -0.1) is 0 Å². The summed E-state index contributed by atoms with van der Waals surface area (Å²) in [5.41, 5.74) is -0.710. The SMILES string of the molecule is CC(=O)N(CC(=O)Nc1c(F)cccc1F)c1ccccc1F. The highest BCUT2D eigenvalue weighted by molar-refractivity contribution is 6.01. The Morgan fingerprint density at radius 3 is 2.09 bits per heavy atom. The van der Waals surface area contributed by atoms with E-state index in [9.17, 15) is 22.8 Å². The highest BCUT2D eigenvalue weighted by Crippen LogP contribution is 2.20. The Hall–Kier alpha value is -2.83. The molecule has 2 rings (SSSR count). The van der Waals surface area contributed by atoms with Crippen LogP contribution in [0.1, 0.15) is 6.92 Å². The Bertz CT molecular complexity index is 730. The van der Waals surface area contributed by atoms with Gasteiger partial charge in [-0.05, 0) is 24.3 Å². The molecular formula is C16H13F3N2O2. The number of anilines is 2. The summed E-state index contributed by atoms with van der Waals surface area (Å²) in [7, 11) is 0. The number of nitrogens with zero attached hydrogens (tertiary/aromatic N) is 1. The molecule has 1 N–H and O–H groups in total. The van der Waals surface area contributed by atoms with Gasteiger partial charge in [-0.2, -0.15) is 0 Å². The molecule has 2 aromatic carbocycles. The number of halogens is 3. The molecule has 2 aromatic rings. The van der Waals surface area contributed by atoms with E-state index in [-0.39, 0.29) is 5.69 Å². The number of carbonyl (C=O) groups excluding carboxylic acids is 2. The number of rotatable bonds is 4. The molecule has 0 saturated carbocycles. The summed E-state index contributed by atoms with van der Waals surface area (Å²) in [5.74, 6) is -4.02. The zero-order valence-electron chi connectivity index (χ0n) is 12.1. The molecule has 0 aliphatic heterocycles. The summed E-state index contributed by atoms with van der Waals surface area (Å²) in [6.07, 6.45) is 0. The van der Waals surface area contributed by atoms with E-state index < -0.39 is 41.5 Å². The van der Waals surface area contributed by atoms with Crippen LogP contribution in [0.25, 0.3) is 0 Å². The van der Waals surface area contributed by atoms with Gasteiger partial charge in [0.2, 0.25) is 11.8 Å². The largest absolute Gasteiger partial charge is 0.320 e. The molecule has 23 heavy (non-hydrogen) atoms. The quantitative estimate of drug-likeness (QED) is 0.940. The zero-order valence-corrected chi connectivity index (χ0v) is 12.1. The van der Waals surface area contributed by atoms with E-state index in [1.807, 2.05) is 5.32 Å². The summed E-state index contributed by atoms with van der Waals surface area (Å²) >= 11 is 0. The van der Waals surface area contributed by atoms with Gasteiger partial charge in [-0.3, -0.25) is 9.59 Å². The summed E-state index contributed by atoms with van der Waals surface area (Å²) < 4.78 is 40.8. The van der Waals surface area contributed by atoms with Crippen molar-refractivity contribution in [3.8, 4) is 0 Å². The normalized spacial score (nSPS) is 10.3. The molecule has 0 atom stereocenters. The maximum Gasteiger partial charge on any atom is 0.244 e. The molecule has 0 fully saturated rings. The number of carbonyl (C=O) groups is 2. The predicted octanol–water partition coefficient (Wildman–Crippen LogP) is 3.10. The van der Waals surface area contributed by atoms with Gasteiger partial charge in [0.15, 0.2) is 0 Å². The fourth-order valence-corrected chi connectivity index (χ4v) is 1.98. The minimum absolute atomic E-state index is 0.0934. The lowest BCUT2D eigenvalue weighted by Crippen LogP contribution is -2.37. The standard InChI is InChI=1S/C16H13F3N2O2/c1-10(22)21(14-8-3-2-5-11(14)17)9-15(23)20-16-12(18)6-4-7-13(16)19/h2-8H,9H2,1H3,(H,20,23). The minimum atomic E-state index is -0.946. The predicted molar refractivity (Wildman–Crippen MR) is 79.4 cm³/mol. The molecule has 7 heteroatoms. The van der Waals surface area contributed by atoms with E-state index in [4.69, 9.17) is 0 Å². The van der Waals surface area contributed by atoms with Gasteiger partial charge in [0.1, 0.15) is 29.7 Å². The highest BCUT2D eigenvalue weighted by atomic mass is 19.1. The van der Waals surface area contributed by atoms with Crippen LogP contribution in [0, 0.1) is 17.5 Å². The molecule has 120 valence electrons. The van der Waals surface area contributed by atoms with E-state index in [2.05, 4.69) is 0 Å². The van der Waals surface area contributed by atoms with Crippen molar-refractivity contribution >= 4 is 23.2 Å². The first-order chi connectivity index (χ1) is 10.9. The van der Waals surface area contributed by atoms with Gasteiger partial charge in [0, 0.05) is 6.92 Å². The van der Waals surface area contributed by atoms with E-state index >= 15 is 0 Å². The smallest absolute Gasteiger partial charge is 0.244 e.